The fraction of sp³-hybridized carbons (Fsp3) is 0. The summed E-state index contributed by atoms with van der Waals surface area (Å²) in [5, 5.41) is 1.91. The van der Waals surface area contributed by atoms with E-state index in [0.29, 0.717) is 0 Å². The first-order chi connectivity index (χ1) is 6.27. The maximum atomic E-state index is 11.7. The Morgan fingerprint density at radius 1 is 1.23 bits per heavy atom. The Kier molecular flexibility index (Phi) is 2.62. The van der Waals surface area contributed by atoms with E-state index in [2.05, 4.69) is 15.9 Å². The van der Waals surface area contributed by atoms with Crippen LogP contribution >= 0.6 is 38.6 Å². The molecule has 0 radical (unpaired) electrons. The number of halogens is 1. The quantitative estimate of drug-likeness (QED) is 0.760. The third-order valence-corrected chi connectivity index (χ3v) is 4.03. The second-order valence-electron chi connectivity index (χ2n) is 2.41. The first kappa shape index (κ1) is 9.12. The van der Waals surface area contributed by atoms with Crippen molar-refractivity contribution in [3.05, 3.63) is 43.2 Å². The molecule has 13 heavy (non-hydrogen) atoms. The first-order valence-corrected chi connectivity index (χ1v) is 6.10. The Morgan fingerprint density at radius 2 is 2.08 bits per heavy atom. The van der Waals surface area contributed by atoms with Crippen LogP contribution in [0.4, 0.5) is 0 Å². The molecule has 0 aliphatic carbocycles. The molecule has 0 bridgehead atoms. The fourth-order valence-corrected chi connectivity index (χ4v) is 3.05. The standard InChI is InChI=1S/C9H5BrOS2/c10-8-4-3-7(13-8)9(11)6-2-1-5-12-6/h1-5H. The van der Waals surface area contributed by atoms with E-state index in [1.807, 2.05) is 29.6 Å². The van der Waals surface area contributed by atoms with Crippen LogP contribution in [0.25, 0.3) is 0 Å². The van der Waals surface area contributed by atoms with Gasteiger partial charge in [0.2, 0.25) is 5.78 Å². The molecule has 0 saturated carbocycles. The Bertz CT molecular complexity index is 417. The molecule has 0 unspecified atom stereocenters. The zero-order chi connectivity index (χ0) is 9.26. The molecule has 0 spiro atoms. The predicted octanol–water partition coefficient (Wildman–Crippen LogP) is 3.80. The minimum absolute atomic E-state index is 0.116. The van der Waals surface area contributed by atoms with Crippen LogP contribution in [0, 0.1) is 0 Å². The van der Waals surface area contributed by atoms with E-state index in [4.69, 9.17) is 0 Å². The van der Waals surface area contributed by atoms with Crippen LogP contribution in [0.15, 0.2) is 33.4 Å². The minimum atomic E-state index is 0.116. The normalized spacial score (nSPS) is 10.2. The van der Waals surface area contributed by atoms with Gasteiger partial charge in [-0.25, -0.2) is 0 Å². The number of carbonyl (C=O) groups is 1. The van der Waals surface area contributed by atoms with Crippen LogP contribution in [0.1, 0.15) is 14.5 Å². The van der Waals surface area contributed by atoms with Gasteiger partial charge in [0.25, 0.3) is 0 Å². The summed E-state index contributed by atoms with van der Waals surface area (Å²) in [6.45, 7) is 0. The number of ketones is 1. The molecule has 1 nitrogen and oxygen atoms in total. The van der Waals surface area contributed by atoms with E-state index < -0.39 is 0 Å². The zero-order valence-corrected chi connectivity index (χ0v) is 9.71. The number of thiophene rings is 2. The Labute approximate surface area is 92.2 Å². The molecule has 0 atom stereocenters. The first-order valence-electron chi connectivity index (χ1n) is 3.61. The summed E-state index contributed by atoms with van der Waals surface area (Å²) in [6, 6.07) is 7.48. The highest BCUT2D eigenvalue weighted by Crippen LogP contribution is 2.25. The average molecular weight is 273 g/mol. The number of carbonyl (C=O) groups excluding carboxylic acids is 1. The van der Waals surface area contributed by atoms with Crippen LogP contribution in [-0.2, 0) is 0 Å². The summed E-state index contributed by atoms with van der Waals surface area (Å²) in [4.78, 5) is 13.3. The monoisotopic (exact) mass is 272 g/mol. The summed E-state index contributed by atoms with van der Waals surface area (Å²) in [7, 11) is 0. The number of rotatable bonds is 2. The maximum absolute atomic E-state index is 11.7. The number of hydrogen-bond acceptors (Lipinski definition) is 3. The van der Waals surface area contributed by atoms with Crippen molar-refractivity contribution < 1.29 is 4.79 Å². The van der Waals surface area contributed by atoms with Crippen molar-refractivity contribution in [3.8, 4) is 0 Å². The van der Waals surface area contributed by atoms with Crippen molar-refractivity contribution in [1.29, 1.82) is 0 Å². The van der Waals surface area contributed by atoms with Crippen LogP contribution in [0.5, 0.6) is 0 Å². The molecule has 2 aromatic rings. The van der Waals surface area contributed by atoms with Gasteiger partial charge < -0.3 is 0 Å². The molecule has 0 aliphatic heterocycles. The van der Waals surface area contributed by atoms with Gasteiger partial charge in [0.05, 0.1) is 13.5 Å². The highest BCUT2D eigenvalue weighted by Gasteiger charge is 2.11. The second-order valence-corrected chi connectivity index (χ2v) is 5.82. The van der Waals surface area contributed by atoms with Gasteiger partial charge in [-0.2, -0.15) is 0 Å². The largest absolute Gasteiger partial charge is 0.287 e. The van der Waals surface area contributed by atoms with Crippen molar-refractivity contribution in [2.75, 3.05) is 0 Å². The lowest BCUT2D eigenvalue weighted by atomic mass is 10.3. The van der Waals surface area contributed by atoms with E-state index in [9.17, 15) is 4.79 Å². The second kappa shape index (κ2) is 3.74. The summed E-state index contributed by atoms with van der Waals surface area (Å²) in [5.74, 6) is 0.116. The van der Waals surface area contributed by atoms with E-state index in [1.165, 1.54) is 22.7 Å². The van der Waals surface area contributed by atoms with Crippen LogP contribution < -0.4 is 0 Å². The van der Waals surface area contributed by atoms with E-state index >= 15 is 0 Å². The molecular formula is C9H5BrOS2. The topological polar surface area (TPSA) is 17.1 Å². The summed E-state index contributed by atoms with van der Waals surface area (Å²) in [5.41, 5.74) is 0. The van der Waals surface area contributed by atoms with Gasteiger partial charge >= 0.3 is 0 Å². The van der Waals surface area contributed by atoms with Crippen LogP contribution in [0.2, 0.25) is 0 Å². The van der Waals surface area contributed by atoms with Crippen molar-refractivity contribution >= 4 is 44.4 Å². The summed E-state index contributed by atoms with van der Waals surface area (Å²) >= 11 is 6.28. The lowest BCUT2D eigenvalue weighted by Gasteiger charge is -1.90. The van der Waals surface area contributed by atoms with Crippen molar-refractivity contribution in [2.45, 2.75) is 0 Å². The molecule has 2 aromatic heterocycles. The van der Waals surface area contributed by atoms with Crippen molar-refractivity contribution in [3.63, 3.8) is 0 Å². The minimum Gasteiger partial charge on any atom is -0.287 e. The average Bonchev–Trinajstić information content (AvgIpc) is 2.72. The molecule has 0 fully saturated rings. The van der Waals surface area contributed by atoms with E-state index in [1.54, 1.807) is 0 Å². The van der Waals surface area contributed by atoms with Gasteiger partial charge in [0.1, 0.15) is 0 Å². The Balaban J connectivity index is 2.33. The van der Waals surface area contributed by atoms with Crippen molar-refractivity contribution in [2.24, 2.45) is 0 Å². The molecule has 2 heterocycles. The van der Waals surface area contributed by atoms with E-state index in [0.717, 1.165) is 13.5 Å². The SMILES string of the molecule is O=C(c1cccs1)c1ccc(Br)s1. The summed E-state index contributed by atoms with van der Waals surface area (Å²) in [6.07, 6.45) is 0. The predicted molar refractivity (Wildman–Crippen MR) is 59.8 cm³/mol. The highest BCUT2D eigenvalue weighted by molar-refractivity contribution is 9.11. The third kappa shape index (κ3) is 1.90. The van der Waals surface area contributed by atoms with Gasteiger partial charge in [0.15, 0.2) is 0 Å². The Morgan fingerprint density at radius 3 is 2.62 bits per heavy atom. The molecular weight excluding hydrogens is 268 g/mol. The molecule has 0 saturated heterocycles. The van der Waals surface area contributed by atoms with Crippen LogP contribution in [-0.4, -0.2) is 5.78 Å². The molecule has 2 rings (SSSR count). The number of hydrogen-bond donors (Lipinski definition) is 0. The van der Waals surface area contributed by atoms with Crippen LogP contribution in [0.3, 0.4) is 0 Å². The lowest BCUT2D eigenvalue weighted by molar-refractivity contribution is 0.104. The smallest absolute Gasteiger partial charge is 0.212 e. The van der Waals surface area contributed by atoms with Gasteiger partial charge in [-0.15, -0.1) is 22.7 Å². The molecule has 66 valence electrons. The van der Waals surface area contributed by atoms with Gasteiger partial charge in [-0.3, -0.25) is 4.79 Å². The van der Waals surface area contributed by atoms with Crippen molar-refractivity contribution in [1.82, 2.24) is 0 Å². The molecule has 0 amide bonds. The molecule has 0 aromatic carbocycles. The van der Waals surface area contributed by atoms with Gasteiger partial charge in [-0.1, -0.05) is 6.07 Å². The Hall–Kier alpha value is -0.450. The zero-order valence-electron chi connectivity index (χ0n) is 6.49. The maximum Gasteiger partial charge on any atom is 0.212 e. The molecule has 4 heteroatoms. The molecule has 0 N–H and O–H groups in total. The fourth-order valence-electron chi connectivity index (χ4n) is 0.966. The summed E-state index contributed by atoms with van der Waals surface area (Å²) < 4.78 is 0.993. The van der Waals surface area contributed by atoms with E-state index in [-0.39, 0.29) is 5.78 Å². The lowest BCUT2D eigenvalue weighted by Crippen LogP contribution is -1.93. The third-order valence-electron chi connectivity index (χ3n) is 1.54. The molecule has 0 aliphatic rings. The van der Waals surface area contributed by atoms with Gasteiger partial charge in [-0.05, 0) is 39.5 Å². The highest BCUT2D eigenvalue weighted by atomic mass is 79.9. The van der Waals surface area contributed by atoms with Gasteiger partial charge in [0, 0.05) is 0 Å².